The molecule has 0 unspecified atom stereocenters. The molecule has 1 aliphatic carbocycles. The summed E-state index contributed by atoms with van der Waals surface area (Å²) in [4.78, 5) is 38.6. The molecule has 146 valence electrons. The van der Waals surface area contributed by atoms with Gasteiger partial charge in [0.15, 0.2) is 0 Å². The molecular weight excluding hydrogens is 342 g/mol. The quantitative estimate of drug-likeness (QED) is 0.755. The zero-order valence-corrected chi connectivity index (χ0v) is 16.2. The molecule has 0 aromatic heterocycles. The third-order valence-electron chi connectivity index (χ3n) is 5.86. The highest BCUT2D eigenvalue weighted by atomic mass is 16.2. The minimum atomic E-state index is -0.967. The first-order valence-corrected chi connectivity index (χ1v) is 9.86. The molecule has 1 aliphatic heterocycles. The number of rotatable bonds is 6. The summed E-state index contributed by atoms with van der Waals surface area (Å²) in [6.07, 6.45) is 5.55. The first kappa shape index (κ1) is 19.4. The number of carbonyl (C=O) groups excluding carboxylic acids is 3. The average molecular weight is 371 g/mol. The lowest BCUT2D eigenvalue weighted by Crippen LogP contribution is -2.48. The van der Waals surface area contributed by atoms with Crippen LogP contribution in [0.5, 0.6) is 0 Å². The van der Waals surface area contributed by atoms with Crippen LogP contribution in [0.3, 0.4) is 0 Å². The second kappa shape index (κ2) is 8.11. The molecule has 4 amide bonds. The fraction of sp³-hybridized carbons (Fsp3) is 0.571. The number of nitrogens with zero attached hydrogens (tertiary/aromatic N) is 1. The molecule has 2 N–H and O–H groups in total. The lowest BCUT2D eigenvalue weighted by atomic mass is 9.86. The Balaban J connectivity index is 1.57. The maximum Gasteiger partial charge on any atom is 0.325 e. The summed E-state index contributed by atoms with van der Waals surface area (Å²) >= 11 is 0. The van der Waals surface area contributed by atoms with E-state index in [1.54, 1.807) is 6.92 Å². The van der Waals surface area contributed by atoms with Crippen LogP contribution in [-0.4, -0.2) is 40.9 Å². The van der Waals surface area contributed by atoms with Gasteiger partial charge in [0.2, 0.25) is 5.91 Å². The van der Waals surface area contributed by atoms with Crippen molar-refractivity contribution in [1.82, 2.24) is 15.5 Å². The van der Waals surface area contributed by atoms with E-state index in [-0.39, 0.29) is 24.4 Å². The normalized spacial score (nSPS) is 28.1. The van der Waals surface area contributed by atoms with Gasteiger partial charge in [0.25, 0.3) is 5.91 Å². The van der Waals surface area contributed by atoms with Gasteiger partial charge in [-0.15, -0.1) is 0 Å². The van der Waals surface area contributed by atoms with Gasteiger partial charge in [0, 0.05) is 6.04 Å². The molecule has 2 aliphatic rings. The van der Waals surface area contributed by atoms with Crippen LogP contribution in [0, 0.1) is 5.92 Å². The van der Waals surface area contributed by atoms with Crippen molar-refractivity contribution in [3.63, 3.8) is 0 Å². The second-order valence-electron chi connectivity index (χ2n) is 8.07. The van der Waals surface area contributed by atoms with Crippen LogP contribution in [0.1, 0.15) is 51.5 Å². The number of hydrogen-bond acceptors (Lipinski definition) is 3. The maximum absolute atomic E-state index is 12.8. The van der Waals surface area contributed by atoms with Gasteiger partial charge in [-0.25, -0.2) is 4.79 Å². The Bertz CT molecular complexity index is 706. The lowest BCUT2D eigenvalue weighted by molar-refractivity contribution is -0.135. The number of urea groups is 1. The van der Waals surface area contributed by atoms with Crippen molar-refractivity contribution in [2.75, 3.05) is 6.54 Å². The first-order valence-electron chi connectivity index (χ1n) is 9.86. The van der Waals surface area contributed by atoms with Crippen molar-refractivity contribution < 1.29 is 14.4 Å². The van der Waals surface area contributed by atoms with Crippen LogP contribution in [-0.2, 0) is 16.0 Å². The van der Waals surface area contributed by atoms with Gasteiger partial charge in [-0.1, -0.05) is 50.1 Å². The minimum Gasteiger partial charge on any atom is -0.352 e. The van der Waals surface area contributed by atoms with Crippen molar-refractivity contribution in [3.05, 3.63) is 35.9 Å². The summed E-state index contributed by atoms with van der Waals surface area (Å²) in [5, 5.41) is 5.78. The van der Waals surface area contributed by atoms with Gasteiger partial charge in [-0.05, 0) is 44.1 Å². The van der Waals surface area contributed by atoms with Crippen LogP contribution in [0.4, 0.5) is 4.79 Å². The highest BCUT2D eigenvalue weighted by Gasteiger charge is 2.47. The fourth-order valence-corrected chi connectivity index (χ4v) is 4.03. The minimum absolute atomic E-state index is 0.136. The topological polar surface area (TPSA) is 78.5 Å². The van der Waals surface area contributed by atoms with E-state index in [0.717, 1.165) is 29.7 Å². The highest BCUT2D eigenvalue weighted by molar-refractivity contribution is 6.08. The molecule has 0 radical (unpaired) electrons. The van der Waals surface area contributed by atoms with Crippen LogP contribution in [0.15, 0.2) is 30.3 Å². The number of carbonyl (C=O) groups is 3. The van der Waals surface area contributed by atoms with Gasteiger partial charge < -0.3 is 10.6 Å². The zero-order chi connectivity index (χ0) is 19.4. The van der Waals surface area contributed by atoms with Gasteiger partial charge >= 0.3 is 6.03 Å². The molecule has 6 nitrogen and oxygen atoms in total. The Morgan fingerprint density at radius 2 is 1.93 bits per heavy atom. The van der Waals surface area contributed by atoms with E-state index in [1.165, 1.54) is 6.42 Å². The van der Waals surface area contributed by atoms with Crippen LogP contribution in [0.2, 0.25) is 0 Å². The van der Waals surface area contributed by atoms with Crippen molar-refractivity contribution in [3.8, 4) is 0 Å². The number of nitrogens with one attached hydrogen (secondary N) is 2. The Morgan fingerprint density at radius 3 is 2.63 bits per heavy atom. The molecule has 27 heavy (non-hydrogen) atoms. The van der Waals surface area contributed by atoms with E-state index < -0.39 is 11.6 Å². The number of imide groups is 1. The Labute approximate surface area is 160 Å². The van der Waals surface area contributed by atoms with Crippen molar-refractivity contribution in [2.24, 2.45) is 5.92 Å². The molecule has 1 saturated heterocycles. The number of hydrogen-bond donors (Lipinski definition) is 2. The number of amides is 4. The van der Waals surface area contributed by atoms with Crippen molar-refractivity contribution in [1.29, 1.82) is 0 Å². The van der Waals surface area contributed by atoms with Gasteiger partial charge in [-0.2, -0.15) is 0 Å². The summed E-state index contributed by atoms with van der Waals surface area (Å²) in [5.74, 6) is -0.151. The molecule has 2 fully saturated rings. The Kier molecular flexibility index (Phi) is 5.82. The smallest absolute Gasteiger partial charge is 0.325 e. The molecular formula is C21H29N3O3. The second-order valence-corrected chi connectivity index (χ2v) is 8.07. The third kappa shape index (κ3) is 4.49. The zero-order valence-electron chi connectivity index (χ0n) is 16.2. The predicted octanol–water partition coefficient (Wildman–Crippen LogP) is 2.62. The van der Waals surface area contributed by atoms with E-state index >= 15 is 0 Å². The van der Waals surface area contributed by atoms with Crippen LogP contribution >= 0.6 is 0 Å². The van der Waals surface area contributed by atoms with Crippen LogP contribution in [0.25, 0.3) is 0 Å². The van der Waals surface area contributed by atoms with Crippen molar-refractivity contribution >= 4 is 17.8 Å². The van der Waals surface area contributed by atoms with Gasteiger partial charge in [0.1, 0.15) is 12.1 Å². The Hall–Kier alpha value is -2.37. The van der Waals surface area contributed by atoms with Gasteiger partial charge in [-0.3, -0.25) is 14.5 Å². The molecule has 1 saturated carbocycles. The molecule has 6 heteroatoms. The summed E-state index contributed by atoms with van der Waals surface area (Å²) in [7, 11) is 0. The molecule has 1 aromatic rings. The predicted molar refractivity (Wildman–Crippen MR) is 103 cm³/mol. The Morgan fingerprint density at radius 1 is 1.22 bits per heavy atom. The summed E-state index contributed by atoms with van der Waals surface area (Å²) in [6, 6.07) is 9.51. The molecule has 3 rings (SSSR count). The highest BCUT2D eigenvalue weighted by Crippen LogP contribution is 2.25. The summed E-state index contributed by atoms with van der Waals surface area (Å²) in [6.45, 7) is 3.66. The van der Waals surface area contributed by atoms with Gasteiger partial charge in [0.05, 0.1) is 0 Å². The monoisotopic (exact) mass is 371 g/mol. The summed E-state index contributed by atoms with van der Waals surface area (Å²) in [5.41, 5.74) is 0.147. The molecule has 0 bridgehead atoms. The van der Waals surface area contributed by atoms with E-state index in [2.05, 4.69) is 17.6 Å². The molecule has 3 atom stereocenters. The summed E-state index contributed by atoms with van der Waals surface area (Å²) < 4.78 is 0. The van der Waals surface area contributed by atoms with Crippen LogP contribution < -0.4 is 10.6 Å². The molecule has 1 aromatic carbocycles. The fourth-order valence-electron chi connectivity index (χ4n) is 4.03. The van der Waals surface area contributed by atoms with Crippen molar-refractivity contribution in [2.45, 2.75) is 64.0 Å². The largest absolute Gasteiger partial charge is 0.352 e. The molecule has 1 heterocycles. The first-order chi connectivity index (χ1) is 12.9. The number of benzene rings is 1. The average Bonchev–Trinajstić information content (AvgIpc) is 2.86. The lowest BCUT2D eigenvalue weighted by Gasteiger charge is -2.30. The molecule has 0 spiro atoms. The SMILES string of the molecule is C[C@@H]1CCCC[C@H]1NC(=O)CN1C(=O)N[C@](C)(CCc2ccccc2)C1=O. The van der Waals surface area contributed by atoms with E-state index in [9.17, 15) is 14.4 Å². The van der Waals surface area contributed by atoms with E-state index in [1.807, 2.05) is 30.3 Å². The maximum atomic E-state index is 12.8. The standard InChI is InChI=1S/C21H29N3O3/c1-15-8-6-7-11-17(15)22-18(25)14-24-19(26)21(2,23-20(24)27)13-12-16-9-4-3-5-10-16/h3-5,9-10,15,17H,6-8,11-14H2,1-2H3,(H,22,25)(H,23,27)/t15-,17-,21-/m1/s1. The third-order valence-corrected chi connectivity index (χ3v) is 5.86. The van der Waals surface area contributed by atoms with E-state index in [4.69, 9.17) is 0 Å². The number of aryl methyl sites for hydroxylation is 1. The van der Waals surface area contributed by atoms with E-state index in [0.29, 0.717) is 18.8 Å².